The number of hydrogen-bond donors (Lipinski definition) is 2. The molecule has 1 heterocycles. The summed E-state index contributed by atoms with van der Waals surface area (Å²) in [7, 11) is 0. The van der Waals surface area contributed by atoms with E-state index in [-0.39, 0.29) is 23.4 Å². The predicted molar refractivity (Wildman–Crippen MR) is 99.2 cm³/mol. The third-order valence-corrected chi connectivity index (χ3v) is 3.81. The molecule has 0 atom stereocenters. The molecule has 0 saturated carbocycles. The molecule has 0 aliphatic rings. The van der Waals surface area contributed by atoms with Crippen LogP contribution in [0.4, 0.5) is 16.0 Å². The number of nitrogens with zero attached hydrogens (tertiary/aromatic N) is 2. The summed E-state index contributed by atoms with van der Waals surface area (Å²) < 4.78 is 12.9. The lowest BCUT2D eigenvalue weighted by molar-refractivity contribution is 0.0949. The Labute approximate surface area is 155 Å². The second-order valence-electron chi connectivity index (χ2n) is 5.53. The van der Waals surface area contributed by atoms with Crippen LogP contribution < -0.4 is 10.6 Å². The molecule has 3 aromatic rings. The quantitative estimate of drug-likeness (QED) is 0.688. The Hall–Kier alpha value is -2.99. The standard InChI is InChI=1S/C19H16ClFN4O/c20-14-3-1-2-13(12-14)8-10-22-18(26)17-9-11-23-19(25-17)24-16-6-4-15(21)5-7-16/h1-7,9,11-12H,8,10H2,(H,22,26)(H,23,24,25). The minimum atomic E-state index is -0.329. The van der Waals surface area contributed by atoms with Crippen LogP contribution in [0.5, 0.6) is 0 Å². The molecule has 2 aromatic carbocycles. The van der Waals surface area contributed by atoms with Crippen molar-refractivity contribution in [2.75, 3.05) is 11.9 Å². The van der Waals surface area contributed by atoms with Crippen LogP contribution in [0.15, 0.2) is 60.8 Å². The van der Waals surface area contributed by atoms with Gasteiger partial charge in [0.05, 0.1) is 0 Å². The average molecular weight is 371 g/mol. The summed E-state index contributed by atoms with van der Waals surface area (Å²) >= 11 is 5.94. The van der Waals surface area contributed by atoms with Gasteiger partial charge in [0.25, 0.3) is 5.91 Å². The fraction of sp³-hybridized carbons (Fsp3) is 0.105. The molecule has 5 nitrogen and oxygen atoms in total. The average Bonchev–Trinajstić information content (AvgIpc) is 2.64. The minimum Gasteiger partial charge on any atom is -0.350 e. The maximum Gasteiger partial charge on any atom is 0.270 e. The smallest absolute Gasteiger partial charge is 0.270 e. The number of halogens is 2. The van der Waals surface area contributed by atoms with Crippen LogP contribution in [0.1, 0.15) is 16.1 Å². The van der Waals surface area contributed by atoms with Crippen LogP contribution in [0, 0.1) is 5.82 Å². The number of rotatable bonds is 6. The van der Waals surface area contributed by atoms with E-state index in [9.17, 15) is 9.18 Å². The topological polar surface area (TPSA) is 66.9 Å². The molecule has 1 aromatic heterocycles. The molecule has 0 bridgehead atoms. The molecular formula is C19H16ClFN4O. The molecule has 2 N–H and O–H groups in total. The zero-order valence-electron chi connectivity index (χ0n) is 13.7. The fourth-order valence-electron chi connectivity index (χ4n) is 2.31. The molecule has 0 aliphatic heterocycles. The van der Waals surface area contributed by atoms with Gasteiger partial charge < -0.3 is 10.6 Å². The summed E-state index contributed by atoms with van der Waals surface area (Å²) in [6.07, 6.45) is 2.16. The molecule has 3 rings (SSSR count). The Balaban J connectivity index is 1.58. The van der Waals surface area contributed by atoms with E-state index < -0.39 is 0 Å². The van der Waals surface area contributed by atoms with Crippen LogP contribution in [0.2, 0.25) is 5.02 Å². The molecule has 0 spiro atoms. The Kier molecular flexibility index (Phi) is 5.76. The van der Waals surface area contributed by atoms with Crippen molar-refractivity contribution < 1.29 is 9.18 Å². The minimum absolute atomic E-state index is 0.246. The first kappa shape index (κ1) is 17.8. The van der Waals surface area contributed by atoms with E-state index in [1.165, 1.54) is 24.4 Å². The molecule has 1 amide bonds. The highest BCUT2D eigenvalue weighted by Gasteiger charge is 2.09. The lowest BCUT2D eigenvalue weighted by Gasteiger charge is -2.08. The Morgan fingerprint density at radius 1 is 1.12 bits per heavy atom. The first-order valence-electron chi connectivity index (χ1n) is 7.98. The van der Waals surface area contributed by atoms with Gasteiger partial charge in [-0.2, -0.15) is 0 Å². The normalized spacial score (nSPS) is 10.4. The van der Waals surface area contributed by atoms with Crippen LogP contribution in [0.3, 0.4) is 0 Å². The van der Waals surface area contributed by atoms with E-state index in [1.807, 2.05) is 18.2 Å². The van der Waals surface area contributed by atoms with Crippen molar-refractivity contribution in [1.29, 1.82) is 0 Å². The maximum absolute atomic E-state index is 12.9. The zero-order chi connectivity index (χ0) is 18.4. The van der Waals surface area contributed by atoms with Crippen molar-refractivity contribution in [3.8, 4) is 0 Å². The molecule has 0 aliphatic carbocycles. The second-order valence-corrected chi connectivity index (χ2v) is 5.97. The molecule has 0 fully saturated rings. The molecular weight excluding hydrogens is 355 g/mol. The van der Waals surface area contributed by atoms with E-state index >= 15 is 0 Å². The lowest BCUT2D eigenvalue weighted by atomic mass is 10.1. The fourth-order valence-corrected chi connectivity index (χ4v) is 2.52. The summed E-state index contributed by atoms with van der Waals surface area (Å²) in [6.45, 7) is 0.462. The van der Waals surface area contributed by atoms with Crippen molar-refractivity contribution in [2.24, 2.45) is 0 Å². The van der Waals surface area contributed by atoms with Crippen LogP contribution in [-0.4, -0.2) is 22.4 Å². The number of benzene rings is 2. The van der Waals surface area contributed by atoms with Crippen molar-refractivity contribution in [2.45, 2.75) is 6.42 Å². The summed E-state index contributed by atoms with van der Waals surface area (Å²) in [4.78, 5) is 20.5. The number of carbonyl (C=O) groups is 1. The number of amides is 1. The van der Waals surface area contributed by atoms with Crippen LogP contribution in [-0.2, 0) is 6.42 Å². The number of nitrogens with one attached hydrogen (secondary N) is 2. The van der Waals surface area contributed by atoms with E-state index in [2.05, 4.69) is 20.6 Å². The first-order valence-corrected chi connectivity index (χ1v) is 8.36. The Bertz CT molecular complexity index is 902. The van der Waals surface area contributed by atoms with Gasteiger partial charge in [0.2, 0.25) is 5.95 Å². The van der Waals surface area contributed by atoms with Gasteiger partial charge in [0.15, 0.2) is 0 Å². The summed E-state index contributed by atoms with van der Waals surface area (Å²) in [5.41, 5.74) is 1.92. The van der Waals surface area contributed by atoms with Gasteiger partial charge in [0, 0.05) is 23.5 Å². The monoisotopic (exact) mass is 370 g/mol. The van der Waals surface area contributed by atoms with Gasteiger partial charge in [0.1, 0.15) is 11.5 Å². The molecule has 132 valence electrons. The lowest BCUT2D eigenvalue weighted by Crippen LogP contribution is -2.26. The third kappa shape index (κ3) is 5.00. The Morgan fingerprint density at radius 2 is 1.92 bits per heavy atom. The highest BCUT2D eigenvalue weighted by atomic mass is 35.5. The van der Waals surface area contributed by atoms with Crippen LogP contribution in [0.25, 0.3) is 0 Å². The summed E-state index contributed by atoms with van der Waals surface area (Å²) in [6, 6.07) is 14.8. The molecule has 26 heavy (non-hydrogen) atoms. The van der Waals surface area contributed by atoms with E-state index in [1.54, 1.807) is 18.2 Å². The zero-order valence-corrected chi connectivity index (χ0v) is 14.5. The second kappa shape index (κ2) is 8.40. The van der Waals surface area contributed by atoms with E-state index in [0.29, 0.717) is 23.7 Å². The van der Waals surface area contributed by atoms with Crippen molar-refractivity contribution in [3.63, 3.8) is 0 Å². The van der Waals surface area contributed by atoms with Crippen molar-refractivity contribution in [3.05, 3.63) is 82.9 Å². The van der Waals surface area contributed by atoms with Gasteiger partial charge in [-0.15, -0.1) is 0 Å². The van der Waals surface area contributed by atoms with Gasteiger partial charge in [-0.25, -0.2) is 14.4 Å². The van der Waals surface area contributed by atoms with E-state index in [4.69, 9.17) is 11.6 Å². The molecule has 0 unspecified atom stereocenters. The van der Waals surface area contributed by atoms with Crippen molar-refractivity contribution >= 4 is 29.1 Å². The Morgan fingerprint density at radius 3 is 2.69 bits per heavy atom. The van der Waals surface area contributed by atoms with Gasteiger partial charge in [-0.1, -0.05) is 23.7 Å². The molecule has 0 radical (unpaired) electrons. The number of aromatic nitrogens is 2. The number of anilines is 2. The molecule has 0 saturated heterocycles. The number of hydrogen-bond acceptors (Lipinski definition) is 4. The van der Waals surface area contributed by atoms with Gasteiger partial charge >= 0.3 is 0 Å². The first-order chi connectivity index (χ1) is 12.6. The maximum atomic E-state index is 12.9. The summed E-state index contributed by atoms with van der Waals surface area (Å²) in [5, 5.41) is 6.41. The SMILES string of the molecule is O=C(NCCc1cccc(Cl)c1)c1ccnc(Nc2ccc(F)cc2)n1. The third-order valence-electron chi connectivity index (χ3n) is 3.58. The largest absolute Gasteiger partial charge is 0.350 e. The van der Waals surface area contributed by atoms with Crippen LogP contribution >= 0.6 is 11.6 Å². The van der Waals surface area contributed by atoms with Crippen molar-refractivity contribution in [1.82, 2.24) is 15.3 Å². The predicted octanol–water partition coefficient (Wildman–Crippen LogP) is 3.99. The number of carbonyl (C=O) groups excluding carboxylic acids is 1. The highest BCUT2D eigenvalue weighted by molar-refractivity contribution is 6.30. The highest BCUT2D eigenvalue weighted by Crippen LogP contribution is 2.13. The van der Waals surface area contributed by atoms with Gasteiger partial charge in [-0.3, -0.25) is 4.79 Å². The molecule has 7 heteroatoms. The summed E-state index contributed by atoms with van der Waals surface area (Å²) in [5.74, 6) is -0.361. The van der Waals surface area contributed by atoms with Gasteiger partial charge in [-0.05, 0) is 54.4 Å². The van der Waals surface area contributed by atoms with E-state index in [0.717, 1.165) is 5.56 Å².